The summed E-state index contributed by atoms with van der Waals surface area (Å²) in [5, 5.41) is 11.5. The van der Waals surface area contributed by atoms with Gasteiger partial charge in [0.05, 0.1) is 0 Å². The summed E-state index contributed by atoms with van der Waals surface area (Å²) in [6.45, 7) is 6.47. The predicted molar refractivity (Wildman–Crippen MR) is 58.0 cm³/mol. The van der Waals surface area contributed by atoms with Crippen LogP contribution in [0.2, 0.25) is 0 Å². The maximum Gasteiger partial charge on any atom is 0.220 e. The van der Waals surface area contributed by atoms with Crippen LogP contribution < -0.4 is 5.32 Å². The number of aliphatic hydroxyl groups is 1. The molecule has 0 saturated heterocycles. The fourth-order valence-corrected chi connectivity index (χ4v) is 1.42. The zero-order chi connectivity index (χ0) is 11.0. The second kappa shape index (κ2) is 7.80. The van der Waals surface area contributed by atoms with Gasteiger partial charge >= 0.3 is 0 Å². The molecule has 0 aliphatic carbocycles. The van der Waals surface area contributed by atoms with E-state index in [0.29, 0.717) is 18.8 Å². The number of rotatable bonds is 7. The van der Waals surface area contributed by atoms with Crippen molar-refractivity contribution in [2.24, 2.45) is 5.92 Å². The Hall–Kier alpha value is -0.570. The molecular formula is C11H23NO2. The highest BCUT2D eigenvalue weighted by atomic mass is 16.3. The molecule has 0 aliphatic rings. The molecule has 0 heterocycles. The minimum absolute atomic E-state index is 0.0508. The van der Waals surface area contributed by atoms with Crippen molar-refractivity contribution >= 4 is 5.91 Å². The summed E-state index contributed by atoms with van der Waals surface area (Å²) in [5.74, 6) is 0.706. The average Bonchev–Trinajstić information content (AvgIpc) is 2.14. The Kier molecular flexibility index (Phi) is 7.48. The zero-order valence-corrected chi connectivity index (χ0v) is 9.55. The van der Waals surface area contributed by atoms with Crippen LogP contribution in [0.15, 0.2) is 0 Å². The minimum atomic E-state index is 0.0508. The van der Waals surface area contributed by atoms with Crippen molar-refractivity contribution < 1.29 is 9.90 Å². The minimum Gasteiger partial charge on any atom is -0.396 e. The Morgan fingerprint density at radius 2 is 2.07 bits per heavy atom. The van der Waals surface area contributed by atoms with E-state index in [-0.39, 0.29) is 18.6 Å². The number of hydrogen-bond acceptors (Lipinski definition) is 2. The number of amides is 1. The average molecular weight is 201 g/mol. The van der Waals surface area contributed by atoms with Gasteiger partial charge in [0.25, 0.3) is 0 Å². The molecule has 3 nitrogen and oxygen atoms in total. The molecule has 0 fully saturated rings. The zero-order valence-electron chi connectivity index (χ0n) is 9.55. The highest BCUT2D eigenvalue weighted by molar-refractivity contribution is 5.76. The second-order valence-corrected chi connectivity index (χ2v) is 4.04. The SMILES string of the molecule is CCC(C)CC(C)NC(=O)CCCO. The third-order valence-electron chi connectivity index (χ3n) is 2.42. The van der Waals surface area contributed by atoms with Gasteiger partial charge in [-0.05, 0) is 25.7 Å². The van der Waals surface area contributed by atoms with Gasteiger partial charge in [-0.3, -0.25) is 4.79 Å². The molecule has 0 rings (SSSR count). The summed E-state index contributed by atoms with van der Waals surface area (Å²) in [4.78, 5) is 11.3. The van der Waals surface area contributed by atoms with Crippen molar-refractivity contribution in [2.45, 2.75) is 52.5 Å². The Morgan fingerprint density at radius 3 is 2.57 bits per heavy atom. The van der Waals surface area contributed by atoms with Gasteiger partial charge in [0.15, 0.2) is 0 Å². The predicted octanol–water partition coefficient (Wildman–Crippen LogP) is 1.70. The van der Waals surface area contributed by atoms with Gasteiger partial charge in [-0.15, -0.1) is 0 Å². The largest absolute Gasteiger partial charge is 0.396 e. The van der Waals surface area contributed by atoms with Gasteiger partial charge in [0.2, 0.25) is 5.91 Å². The number of aliphatic hydroxyl groups excluding tert-OH is 1. The molecule has 2 atom stereocenters. The molecule has 1 amide bonds. The molecule has 84 valence electrons. The van der Waals surface area contributed by atoms with Crippen LogP contribution in [0.5, 0.6) is 0 Å². The molecule has 2 N–H and O–H groups in total. The van der Waals surface area contributed by atoms with Crippen LogP contribution in [0, 0.1) is 5.92 Å². The summed E-state index contributed by atoms with van der Waals surface area (Å²) in [6.07, 6.45) is 3.17. The number of carbonyl (C=O) groups is 1. The van der Waals surface area contributed by atoms with Gasteiger partial charge in [-0.2, -0.15) is 0 Å². The van der Waals surface area contributed by atoms with Gasteiger partial charge in [0.1, 0.15) is 0 Å². The molecule has 0 radical (unpaired) electrons. The van der Waals surface area contributed by atoms with Crippen molar-refractivity contribution in [3.8, 4) is 0 Å². The molecular weight excluding hydrogens is 178 g/mol. The van der Waals surface area contributed by atoms with Gasteiger partial charge < -0.3 is 10.4 Å². The highest BCUT2D eigenvalue weighted by Crippen LogP contribution is 2.09. The van der Waals surface area contributed by atoms with Crippen LogP contribution in [0.3, 0.4) is 0 Å². The van der Waals surface area contributed by atoms with Crippen molar-refractivity contribution in [1.82, 2.24) is 5.32 Å². The van der Waals surface area contributed by atoms with Crippen molar-refractivity contribution in [3.05, 3.63) is 0 Å². The van der Waals surface area contributed by atoms with Crippen LogP contribution >= 0.6 is 0 Å². The first-order valence-electron chi connectivity index (χ1n) is 5.50. The van der Waals surface area contributed by atoms with Gasteiger partial charge in [0, 0.05) is 19.1 Å². The molecule has 0 bridgehead atoms. The van der Waals surface area contributed by atoms with E-state index < -0.39 is 0 Å². The van der Waals surface area contributed by atoms with Gasteiger partial charge in [-0.1, -0.05) is 20.3 Å². The molecule has 0 aliphatic heterocycles. The van der Waals surface area contributed by atoms with E-state index in [1.165, 1.54) is 0 Å². The Labute approximate surface area is 86.9 Å². The summed E-state index contributed by atoms with van der Waals surface area (Å²) in [6, 6.07) is 0.246. The van der Waals surface area contributed by atoms with Crippen molar-refractivity contribution in [3.63, 3.8) is 0 Å². The van der Waals surface area contributed by atoms with Crippen LogP contribution in [-0.2, 0) is 4.79 Å². The van der Waals surface area contributed by atoms with E-state index in [4.69, 9.17) is 5.11 Å². The number of carbonyl (C=O) groups excluding carboxylic acids is 1. The summed E-state index contributed by atoms with van der Waals surface area (Å²) in [7, 11) is 0. The van der Waals surface area contributed by atoms with Crippen molar-refractivity contribution in [1.29, 1.82) is 0 Å². The van der Waals surface area contributed by atoms with E-state index in [1.54, 1.807) is 0 Å². The Balaban J connectivity index is 3.60. The highest BCUT2D eigenvalue weighted by Gasteiger charge is 2.09. The lowest BCUT2D eigenvalue weighted by atomic mass is 10.0. The molecule has 2 unspecified atom stereocenters. The quantitative estimate of drug-likeness (QED) is 0.658. The lowest BCUT2D eigenvalue weighted by molar-refractivity contribution is -0.122. The Bertz CT molecular complexity index is 159. The van der Waals surface area contributed by atoms with E-state index in [1.807, 2.05) is 6.92 Å². The smallest absolute Gasteiger partial charge is 0.220 e. The van der Waals surface area contributed by atoms with Gasteiger partial charge in [-0.25, -0.2) is 0 Å². The van der Waals surface area contributed by atoms with Crippen LogP contribution in [0.4, 0.5) is 0 Å². The monoisotopic (exact) mass is 201 g/mol. The van der Waals surface area contributed by atoms with E-state index in [2.05, 4.69) is 19.2 Å². The Morgan fingerprint density at radius 1 is 1.43 bits per heavy atom. The lowest BCUT2D eigenvalue weighted by Gasteiger charge is -2.17. The number of nitrogens with one attached hydrogen (secondary N) is 1. The summed E-state index contributed by atoms with van der Waals surface area (Å²) >= 11 is 0. The topological polar surface area (TPSA) is 49.3 Å². The standard InChI is InChI=1S/C11H23NO2/c1-4-9(2)8-10(3)12-11(14)6-5-7-13/h9-10,13H,4-8H2,1-3H3,(H,12,14). The van der Waals surface area contributed by atoms with Crippen molar-refractivity contribution in [2.75, 3.05) is 6.61 Å². The van der Waals surface area contributed by atoms with E-state index in [9.17, 15) is 4.79 Å². The number of hydrogen-bond donors (Lipinski definition) is 2. The molecule has 0 aromatic carbocycles. The van der Waals surface area contributed by atoms with Crippen LogP contribution in [-0.4, -0.2) is 23.7 Å². The lowest BCUT2D eigenvalue weighted by Crippen LogP contribution is -2.33. The van der Waals surface area contributed by atoms with Crippen LogP contribution in [0.25, 0.3) is 0 Å². The second-order valence-electron chi connectivity index (χ2n) is 4.04. The normalized spacial score (nSPS) is 14.9. The fourth-order valence-electron chi connectivity index (χ4n) is 1.42. The molecule has 14 heavy (non-hydrogen) atoms. The molecule has 0 aromatic heterocycles. The summed E-state index contributed by atoms with van der Waals surface area (Å²) in [5.41, 5.74) is 0. The maximum atomic E-state index is 11.3. The first-order valence-corrected chi connectivity index (χ1v) is 5.50. The first-order chi connectivity index (χ1) is 6.60. The fraction of sp³-hybridized carbons (Fsp3) is 0.909. The third-order valence-corrected chi connectivity index (χ3v) is 2.42. The molecule has 3 heteroatoms. The first kappa shape index (κ1) is 13.4. The molecule has 0 aromatic rings. The van der Waals surface area contributed by atoms with Crippen LogP contribution in [0.1, 0.15) is 46.5 Å². The van der Waals surface area contributed by atoms with E-state index >= 15 is 0 Å². The molecule has 0 saturated carbocycles. The maximum absolute atomic E-state index is 11.3. The summed E-state index contributed by atoms with van der Waals surface area (Å²) < 4.78 is 0. The molecule has 0 spiro atoms. The van der Waals surface area contributed by atoms with E-state index in [0.717, 1.165) is 12.8 Å². The third kappa shape index (κ3) is 6.89.